The van der Waals surface area contributed by atoms with E-state index in [-0.39, 0.29) is 12.8 Å². The Morgan fingerprint density at radius 2 is 1.63 bits per heavy atom. The summed E-state index contributed by atoms with van der Waals surface area (Å²) in [5.74, 6) is 0. The average Bonchev–Trinajstić information content (AvgIpc) is 2.49. The van der Waals surface area contributed by atoms with E-state index in [0.29, 0.717) is 0 Å². The second kappa shape index (κ2) is 5.02. The van der Waals surface area contributed by atoms with E-state index in [4.69, 9.17) is 0 Å². The lowest BCUT2D eigenvalue weighted by molar-refractivity contribution is -0.426. The zero-order valence-corrected chi connectivity index (χ0v) is 10.4. The van der Waals surface area contributed by atoms with Gasteiger partial charge in [0.15, 0.2) is 0 Å². The van der Waals surface area contributed by atoms with E-state index in [0.717, 1.165) is 16.0 Å². The zero-order valence-electron chi connectivity index (χ0n) is 10.4. The number of para-hydroxylation sites is 1. The smallest absolute Gasteiger partial charge is 0.286 e. The molecule has 0 radical (unpaired) electrons. The lowest BCUT2D eigenvalue weighted by Crippen LogP contribution is -2.37. The molecule has 94 valence electrons. The molecule has 19 heavy (non-hydrogen) atoms. The van der Waals surface area contributed by atoms with Gasteiger partial charge in [0, 0.05) is 11.3 Å². The molecular weight excluding hydrogens is 238 g/mol. The molecule has 2 aromatic carbocycles. The van der Waals surface area contributed by atoms with Gasteiger partial charge in [-0.3, -0.25) is 4.90 Å². The fourth-order valence-corrected chi connectivity index (χ4v) is 2.22. The second-order valence-corrected chi connectivity index (χ2v) is 4.41. The van der Waals surface area contributed by atoms with E-state index >= 15 is 0 Å². The Hall–Kier alpha value is -2.49. The minimum absolute atomic E-state index is 0.145. The van der Waals surface area contributed by atoms with Crippen LogP contribution < -0.4 is 4.90 Å². The lowest BCUT2D eigenvalue weighted by atomic mass is 10.1. The number of benzene rings is 2. The van der Waals surface area contributed by atoms with E-state index in [1.165, 1.54) is 6.34 Å². The first-order chi connectivity index (χ1) is 9.34. The second-order valence-electron chi connectivity index (χ2n) is 4.41. The van der Waals surface area contributed by atoms with Crippen molar-refractivity contribution in [3.63, 3.8) is 0 Å². The molecule has 0 N–H and O–H groups in total. The molecule has 0 saturated heterocycles. The molecule has 0 aliphatic carbocycles. The van der Waals surface area contributed by atoms with Gasteiger partial charge in [-0.05, 0) is 16.9 Å². The van der Waals surface area contributed by atoms with Crippen molar-refractivity contribution in [2.75, 3.05) is 11.6 Å². The first-order valence-electron chi connectivity index (χ1n) is 6.18. The molecule has 3 rings (SSSR count). The SMILES string of the molecule is O=[N+]1C=NC(c2ccccc2)N(c2ccccc2)C1. The maximum Gasteiger partial charge on any atom is 0.324 e. The van der Waals surface area contributed by atoms with Crippen LogP contribution in [0.25, 0.3) is 0 Å². The Morgan fingerprint density at radius 1 is 1.00 bits per heavy atom. The van der Waals surface area contributed by atoms with E-state index in [1.54, 1.807) is 0 Å². The minimum atomic E-state index is -0.145. The molecule has 2 aromatic rings. The fraction of sp³-hybridized carbons (Fsp3) is 0.133. The Labute approximate surface area is 111 Å². The topological polar surface area (TPSA) is 35.7 Å². The third kappa shape index (κ3) is 2.38. The van der Waals surface area contributed by atoms with Crippen LogP contribution in [0.1, 0.15) is 11.7 Å². The summed E-state index contributed by atoms with van der Waals surface area (Å²) in [6.45, 7) is 0.285. The van der Waals surface area contributed by atoms with Crippen LogP contribution in [0, 0.1) is 4.91 Å². The monoisotopic (exact) mass is 252 g/mol. The average molecular weight is 252 g/mol. The number of anilines is 1. The molecule has 0 bridgehead atoms. The van der Waals surface area contributed by atoms with Gasteiger partial charge >= 0.3 is 6.34 Å². The van der Waals surface area contributed by atoms with Gasteiger partial charge in [-0.2, -0.15) is 0 Å². The Balaban J connectivity index is 2.01. The molecule has 0 amide bonds. The summed E-state index contributed by atoms with van der Waals surface area (Å²) in [4.78, 5) is 17.9. The molecule has 1 aliphatic rings. The van der Waals surface area contributed by atoms with E-state index in [1.807, 2.05) is 65.6 Å². The van der Waals surface area contributed by atoms with Gasteiger partial charge in [-0.1, -0.05) is 58.4 Å². The van der Waals surface area contributed by atoms with Crippen molar-refractivity contribution in [3.05, 3.63) is 71.1 Å². The van der Waals surface area contributed by atoms with Crippen molar-refractivity contribution < 1.29 is 4.76 Å². The van der Waals surface area contributed by atoms with Crippen LogP contribution in [0.2, 0.25) is 0 Å². The van der Waals surface area contributed by atoms with Crippen LogP contribution in [0.3, 0.4) is 0 Å². The largest absolute Gasteiger partial charge is 0.324 e. The van der Waals surface area contributed by atoms with Gasteiger partial charge in [0.25, 0.3) is 0 Å². The molecular formula is C15H14N3O+. The third-order valence-corrected chi connectivity index (χ3v) is 3.11. The molecule has 0 spiro atoms. The van der Waals surface area contributed by atoms with Gasteiger partial charge in [-0.15, -0.1) is 0 Å². The molecule has 0 aromatic heterocycles. The molecule has 4 nitrogen and oxygen atoms in total. The van der Waals surface area contributed by atoms with Crippen LogP contribution in [0.4, 0.5) is 5.69 Å². The van der Waals surface area contributed by atoms with E-state index in [2.05, 4.69) is 4.99 Å². The van der Waals surface area contributed by atoms with Crippen molar-refractivity contribution >= 4 is 12.0 Å². The number of aliphatic imine (C=N–C) groups is 1. The highest BCUT2D eigenvalue weighted by Gasteiger charge is 2.31. The summed E-state index contributed by atoms with van der Waals surface area (Å²) in [5.41, 5.74) is 2.07. The highest BCUT2D eigenvalue weighted by molar-refractivity contribution is 5.54. The number of nitrogens with zero attached hydrogens (tertiary/aromatic N) is 3. The fourth-order valence-electron chi connectivity index (χ4n) is 2.22. The first-order valence-corrected chi connectivity index (χ1v) is 6.18. The van der Waals surface area contributed by atoms with Crippen molar-refractivity contribution in [1.82, 2.24) is 0 Å². The van der Waals surface area contributed by atoms with Gasteiger partial charge in [0.2, 0.25) is 12.8 Å². The molecule has 1 aliphatic heterocycles. The number of rotatable bonds is 2. The normalized spacial score (nSPS) is 18.6. The van der Waals surface area contributed by atoms with Gasteiger partial charge < -0.3 is 0 Å². The number of hydrogen-bond acceptors (Lipinski definition) is 3. The van der Waals surface area contributed by atoms with Crippen LogP contribution in [-0.4, -0.2) is 17.8 Å². The van der Waals surface area contributed by atoms with Crippen LogP contribution in [-0.2, 0) is 0 Å². The van der Waals surface area contributed by atoms with Crippen LogP contribution in [0.5, 0.6) is 0 Å². The molecule has 1 heterocycles. The van der Waals surface area contributed by atoms with Crippen molar-refractivity contribution in [2.45, 2.75) is 6.17 Å². The molecule has 1 unspecified atom stereocenters. The predicted molar refractivity (Wildman–Crippen MR) is 75.1 cm³/mol. The third-order valence-electron chi connectivity index (χ3n) is 3.11. The Kier molecular flexibility index (Phi) is 3.06. The summed E-state index contributed by atoms with van der Waals surface area (Å²) in [5, 5.41) is 0. The summed E-state index contributed by atoms with van der Waals surface area (Å²) in [7, 11) is 0. The molecule has 0 saturated carbocycles. The van der Waals surface area contributed by atoms with Gasteiger partial charge in [0.1, 0.15) is 0 Å². The maximum absolute atomic E-state index is 11.5. The van der Waals surface area contributed by atoms with Gasteiger partial charge in [-0.25, -0.2) is 0 Å². The molecule has 1 atom stereocenters. The Morgan fingerprint density at radius 3 is 2.32 bits per heavy atom. The van der Waals surface area contributed by atoms with E-state index in [9.17, 15) is 4.91 Å². The summed E-state index contributed by atoms with van der Waals surface area (Å²) >= 11 is 0. The van der Waals surface area contributed by atoms with Crippen molar-refractivity contribution in [1.29, 1.82) is 0 Å². The van der Waals surface area contributed by atoms with Crippen molar-refractivity contribution in [3.8, 4) is 0 Å². The van der Waals surface area contributed by atoms with Crippen molar-refractivity contribution in [2.24, 2.45) is 4.99 Å². The van der Waals surface area contributed by atoms with Crippen LogP contribution >= 0.6 is 0 Å². The highest BCUT2D eigenvalue weighted by Crippen LogP contribution is 2.29. The summed E-state index contributed by atoms with van der Waals surface area (Å²) in [6.07, 6.45) is 1.21. The zero-order chi connectivity index (χ0) is 13.1. The number of nitroso groups, excluding NO2 is 1. The van der Waals surface area contributed by atoms with Crippen LogP contribution in [0.15, 0.2) is 65.7 Å². The summed E-state index contributed by atoms with van der Waals surface area (Å²) < 4.78 is 0.840. The lowest BCUT2D eigenvalue weighted by Gasteiger charge is -2.27. The van der Waals surface area contributed by atoms with E-state index < -0.39 is 0 Å². The Bertz CT molecular complexity index is 595. The predicted octanol–water partition coefficient (Wildman–Crippen LogP) is 2.97. The first kappa shape index (κ1) is 11.6. The molecule has 4 heteroatoms. The quantitative estimate of drug-likeness (QED) is 0.770. The minimum Gasteiger partial charge on any atom is -0.286 e. The standard InChI is InChI=1S/C15H14N3O/c19-17-11-16-15(13-7-3-1-4-8-13)18(12-17)14-9-5-2-6-10-14/h1-11,15H,12H2/q+1. The van der Waals surface area contributed by atoms with Gasteiger partial charge in [0.05, 0.1) is 0 Å². The number of hydrogen-bond donors (Lipinski definition) is 0. The summed E-state index contributed by atoms with van der Waals surface area (Å²) in [6, 6.07) is 19.9. The highest BCUT2D eigenvalue weighted by atomic mass is 16.3. The molecule has 0 fully saturated rings. The maximum atomic E-state index is 11.5.